The van der Waals surface area contributed by atoms with Gasteiger partial charge in [0.25, 0.3) is 0 Å². The van der Waals surface area contributed by atoms with E-state index in [1.54, 1.807) is 0 Å². The lowest BCUT2D eigenvalue weighted by Crippen LogP contribution is -2.27. The van der Waals surface area contributed by atoms with Crippen LogP contribution in [0.25, 0.3) is 0 Å². The molecule has 0 spiro atoms. The van der Waals surface area contributed by atoms with Crippen LogP contribution in [0.4, 0.5) is 0 Å². The summed E-state index contributed by atoms with van der Waals surface area (Å²) in [6.45, 7) is 2.98. The van der Waals surface area contributed by atoms with Crippen LogP contribution in [0.1, 0.15) is 24.5 Å². The Morgan fingerprint density at radius 2 is 1.67 bits per heavy atom. The van der Waals surface area contributed by atoms with Crippen molar-refractivity contribution in [1.82, 2.24) is 5.32 Å². The number of carbonyl (C=O) groups is 1. The fraction of sp³-hybridized carbons (Fsp3) is 0.286. The third kappa shape index (κ3) is 6.80. The Morgan fingerprint density at radius 3 is 2.29 bits per heavy atom. The van der Waals surface area contributed by atoms with Gasteiger partial charge in [-0.15, -0.1) is 0 Å². The van der Waals surface area contributed by atoms with Gasteiger partial charge in [-0.25, -0.2) is 4.79 Å². The van der Waals surface area contributed by atoms with Gasteiger partial charge in [0.15, 0.2) is 0 Å². The Balaban J connectivity index is 1.93. The first-order chi connectivity index (χ1) is 11.8. The number of esters is 1. The van der Waals surface area contributed by atoms with Gasteiger partial charge in [0, 0.05) is 18.7 Å². The van der Waals surface area contributed by atoms with Crippen molar-refractivity contribution in [3.8, 4) is 0 Å². The number of benzene rings is 2. The molecule has 0 amide bonds. The Morgan fingerprint density at radius 1 is 1.04 bits per heavy atom. The molecule has 24 heavy (non-hydrogen) atoms. The van der Waals surface area contributed by atoms with Gasteiger partial charge in [-0.05, 0) is 30.9 Å². The van der Waals surface area contributed by atoms with Crippen molar-refractivity contribution in [2.75, 3.05) is 6.61 Å². The lowest BCUT2D eigenvalue weighted by molar-refractivity contribution is -0.137. The average molecular weight is 323 g/mol. The Labute approximate surface area is 144 Å². The monoisotopic (exact) mass is 323 g/mol. The van der Waals surface area contributed by atoms with Gasteiger partial charge < -0.3 is 10.1 Å². The molecular formula is C21H25NO2. The highest BCUT2D eigenvalue weighted by Gasteiger charge is 2.06. The SMILES string of the molecule is CCOC(=O)/C=C/C(CCc1ccccc1)NCc1ccccc1. The van der Waals surface area contributed by atoms with E-state index in [9.17, 15) is 4.79 Å². The van der Waals surface area contributed by atoms with Crippen LogP contribution in [-0.2, 0) is 22.5 Å². The molecule has 1 N–H and O–H groups in total. The minimum Gasteiger partial charge on any atom is -0.463 e. The number of ether oxygens (including phenoxy) is 1. The van der Waals surface area contributed by atoms with E-state index in [1.165, 1.54) is 17.2 Å². The van der Waals surface area contributed by atoms with Crippen molar-refractivity contribution in [2.45, 2.75) is 32.4 Å². The van der Waals surface area contributed by atoms with Crippen molar-refractivity contribution in [3.63, 3.8) is 0 Å². The third-order valence-electron chi connectivity index (χ3n) is 3.75. The molecule has 0 radical (unpaired) electrons. The molecule has 3 nitrogen and oxygen atoms in total. The summed E-state index contributed by atoms with van der Waals surface area (Å²) in [7, 11) is 0. The van der Waals surface area contributed by atoms with Crippen LogP contribution in [0.5, 0.6) is 0 Å². The molecule has 1 unspecified atom stereocenters. The first-order valence-corrected chi connectivity index (χ1v) is 8.44. The molecular weight excluding hydrogens is 298 g/mol. The maximum absolute atomic E-state index is 11.6. The largest absolute Gasteiger partial charge is 0.463 e. The van der Waals surface area contributed by atoms with Gasteiger partial charge in [-0.2, -0.15) is 0 Å². The van der Waals surface area contributed by atoms with Gasteiger partial charge >= 0.3 is 5.97 Å². The highest BCUT2D eigenvalue weighted by molar-refractivity contribution is 5.81. The molecule has 0 aromatic heterocycles. The van der Waals surface area contributed by atoms with Gasteiger partial charge in [-0.1, -0.05) is 66.7 Å². The smallest absolute Gasteiger partial charge is 0.330 e. The fourth-order valence-corrected chi connectivity index (χ4v) is 2.46. The molecule has 2 aromatic carbocycles. The molecule has 0 fully saturated rings. The van der Waals surface area contributed by atoms with Crippen LogP contribution in [0.15, 0.2) is 72.8 Å². The quantitative estimate of drug-likeness (QED) is 0.562. The molecule has 0 saturated heterocycles. The molecule has 0 aliphatic heterocycles. The van der Waals surface area contributed by atoms with E-state index in [-0.39, 0.29) is 12.0 Å². The lowest BCUT2D eigenvalue weighted by Gasteiger charge is -2.15. The maximum atomic E-state index is 11.6. The molecule has 2 aromatic rings. The van der Waals surface area contributed by atoms with E-state index < -0.39 is 0 Å². The van der Waals surface area contributed by atoms with Crippen LogP contribution < -0.4 is 5.32 Å². The van der Waals surface area contributed by atoms with Gasteiger partial charge in [0.05, 0.1) is 6.61 Å². The van der Waals surface area contributed by atoms with Crippen molar-refractivity contribution >= 4 is 5.97 Å². The van der Waals surface area contributed by atoms with Gasteiger partial charge in [0.1, 0.15) is 0 Å². The summed E-state index contributed by atoms with van der Waals surface area (Å²) in [4.78, 5) is 11.6. The summed E-state index contributed by atoms with van der Waals surface area (Å²) in [5.74, 6) is -0.288. The normalized spacial score (nSPS) is 12.2. The molecule has 0 bridgehead atoms. The van der Waals surface area contributed by atoms with E-state index >= 15 is 0 Å². The first kappa shape index (κ1) is 18.0. The van der Waals surface area contributed by atoms with Crippen LogP contribution in [-0.4, -0.2) is 18.6 Å². The van der Waals surface area contributed by atoms with Crippen LogP contribution in [0, 0.1) is 0 Å². The van der Waals surface area contributed by atoms with E-state index in [1.807, 2.05) is 37.3 Å². The van der Waals surface area contributed by atoms with Crippen LogP contribution in [0.3, 0.4) is 0 Å². The second-order valence-electron chi connectivity index (χ2n) is 5.61. The molecule has 126 valence electrons. The van der Waals surface area contributed by atoms with Crippen molar-refractivity contribution in [3.05, 3.63) is 83.9 Å². The summed E-state index contributed by atoms with van der Waals surface area (Å²) < 4.78 is 4.96. The van der Waals surface area contributed by atoms with E-state index in [0.29, 0.717) is 6.61 Å². The standard InChI is InChI=1S/C21H25NO2/c1-2-24-21(23)16-15-20(14-13-18-9-5-3-6-10-18)22-17-19-11-7-4-8-12-19/h3-12,15-16,20,22H,2,13-14,17H2,1H3/b16-15+. The summed E-state index contributed by atoms with van der Waals surface area (Å²) in [6.07, 6.45) is 5.31. The van der Waals surface area contributed by atoms with Crippen molar-refractivity contribution in [2.24, 2.45) is 0 Å². The summed E-state index contributed by atoms with van der Waals surface area (Å²) in [5, 5.41) is 3.51. The Bertz CT molecular complexity index is 579. The maximum Gasteiger partial charge on any atom is 0.330 e. The summed E-state index contributed by atoms with van der Waals surface area (Å²) >= 11 is 0. The molecule has 3 heteroatoms. The number of carbonyl (C=O) groups excluding carboxylic acids is 1. The first-order valence-electron chi connectivity index (χ1n) is 8.44. The summed E-state index contributed by atoms with van der Waals surface area (Å²) in [5.41, 5.74) is 2.53. The summed E-state index contributed by atoms with van der Waals surface area (Å²) in [6, 6.07) is 20.8. The molecule has 0 aliphatic carbocycles. The van der Waals surface area contributed by atoms with E-state index in [0.717, 1.165) is 19.4 Å². The van der Waals surface area contributed by atoms with E-state index in [2.05, 4.69) is 41.7 Å². The number of aryl methyl sites for hydroxylation is 1. The van der Waals surface area contributed by atoms with Crippen molar-refractivity contribution < 1.29 is 9.53 Å². The second-order valence-corrected chi connectivity index (χ2v) is 5.61. The van der Waals surface area contributed by atoms with Gasteiger partial charge in [-0.3, -0.25) is 0 Å². The lowest BCUT2D eigenvalue weighted by atomic mass is 10.0. The zero-order chi connectivity index (χ0) is 17.0. The van der Waals surface area contributed by atoms with E-state index in [4.69, 9.17) is 4.74 Å². The molecule has 2 rings (SSSR count). The predicted molar refractivity (Wildman–Crippen MR) is 97.6 cm³/mol. The molecule has 0 saturated carbocycles. The topological polar surface area (TPSA) is 38.3 Å². The molecule has 0 aliphatic rings. The fourth-order valence-electron chi connectivity index (χ4n) is 2.46. The highest BCUT2D eigenvalue weighted by atomic mass is 16.5. The van der Waals surface area contributed by atoms with Gasteiger partial charge in [0.2, 0.25) is 0 Å². The minimum absolute atomic E-state index is 0.120. The predicted octanol–water partition coefficient (Wildman–Crippen LogP) is 3.90. The average Bonchev–Trinajstić information content (AvgIpc) is 2.63. The minimum atomic E-state index is -0.288. The third-order valence-corrected chi connectivity index (χ3v) is 3.75. The number of nitrogens with one attached hydrogen (secondary N) is 1. The Kier molecular flexibility index (Phi) is 7.78. The zero-order valence-corrected chi connectivity index (χ0v) is 14.2. The Hall–Kier alpha value is -2.39. The van der Waals surface area contributed by atoms with Crippen molar-refractivity contribution in [1.29, 1.82) is 0 Å². The number of rotatable bonds is 9. The molecule has 1 atom stereocenters. The van der Waals surface area contributed by atoms with Crippen LogP contribution >= 0.6 is 0 Å². The highest BCUT2D eigenvalue weighted by Crippen LogP contribution is 2.07. The molecule has 0 heterocycles. The number of hydrogen-bond acceptors (Lipinski definition) is 3. The van der Waals surface area contributed by atoms with Crippen LogP contribution in [0.2, 0.25) is 0 Å². The second kappa shape index (κ2) is 10.4. The number of hydrogen-bond donors (Lipinski definition) is 1. The zero-order valence-electron chi connectivity index (χ0n) is 14.2.